The number of hydrogen-bond donors (Lipinski definition) is 0. The lowest BCUT2D eigenvalue weighted by Gasteiger charge is -1.96. The van der Waals surface area contributed by atoms with Gasteiger partial charge in [-0.2, -0.15) is 0 Å². The van der Waals surface area contributed by atoms with Crippen molar-refractivity contribution in [3.63, 3.8) is 0 Å². The first-order valence-corrected chi connectivity index (χ1v) is 7.97. The summed E-state index contributed by atoms with van der Waals surface area (Å²) in [4.78, 5) is 0. The molecule has 4 rings (SSSR count). The highest BCUT2D eigenvalue weighted by Crippen LogP contribution is 2.23. The SMILES string of the molecule is Fc1ccc(/C=C/c2nnc(Cc3coc4ccccc34)o2)c(Cl)c1. The number of aromatic nitrogens is 2. The van der Waals surface area contributed by atoms with Crippen LogP contribution >= 0.6 is 11.6 Å². The van der Waals surface area contributed by atoms with Gasteiger partial charge in [0.1, 0.15) is 11.4 Å². The molecule has 0 aliphatic rings. The fourth-order valence-corrected chi connectivity index (χ4v) is 2.77. The molecule has 124 valence electrons. The monoisotopic (exact) mass is 354 g/mol. The van der Waals surface area contributed by atoms with Gasteiger partial charge in [0.15, 0.2) is 0 Å². The molecule has 6 heteroatoms. The fourth-order valence-electron chi connectivity index (χ4n) is 2.54. The molecule has 2 aromatic carbocycles. The standard InChI is InChI=1S/C19H12ClFN2O2/c20-16-10-14(21)7-5-12(16)6-8-18-22-23-19(25-18)9-13-11-24-17-4-2-1-3-15(13)17/h1-8,10-11H,9H2/b8-6+. The van der Waals surface area contributed by atoms with Crippen LogP contribution < -0.4 is 0 Å². The van der Waals surface area contributed by atoms with Gasteiger partial charge in [0, 0.05) is 17.0 Å². The van der Waals surface area contributed by atoms with E-state index in [0.29, 0.717) is 28.8 Å². The molecule has 2 heterocycles. The molecule has 0 saturated heterocycles. The van der Waals surface area contributed by atoms with Crippen molar-refractivity contribution >= 4 is 34.7 Å². The Kier molecular flexibility index (Phi) is 4.07. The maximum Gasteiger partial charge on any atom is 0.240 e. The third-order valence-corrected chi connectivity index (χ3v) is 4.08. The highest BCUT2D eigenvalue weighted by molar-refractivity contribution is 6.32. The molecule has 0 spiro atoms. The Morgan fingerprint density at radius 1 is 1.08 bits per heavy atom. The largest absolute Gasteiger partial charge is 0.464 e. The lowest BCUT2D eigenvalue weighted by molar-refractivity contribution is 0.495. The van der Waals surface area contributed by atoms with Crippen molar-refractivity contribution in [2.75, 3.05) is 0 Å². The molecule has 0 aliphatic carbocycles. The zero-order valence-corrected chi connectivity index (χ0v) is 13.7. The highest BCUT2D eigenvalue weighted by atomic mass is 35.5. The van der Waals surface area contributed by atoms with Gasteiger partial charge in [-0.25, -0.2) is 4.39 Å². The van der Waals surface area contributed by atoms with Crippen LogP contribution in [0, 0.1) is 5.82 Å². The molecular weight excluding hydrogens is 343 g/mol. The van der Waals surface area contributed by atoms with E-state index in [1.54, 1.807) is 24.5 Å². The van der Waals surface area contributed by atoms with E-state index in [-0.39, 0.29) is 5.82 Å². The zero-order chi connectivity index (χ0) is 17.2. The van der Waals surface area contributed by atoms with E-state index < -0.39 is 0 Å². The highest BCUT2D eigenvalue weighted by Gasteiger charge is 2.10. The third-order valence-electron chi connectivity index (χ3n) is 3.75. The molecule has 0 unspecified atom stereocenters. The molecule has 4 aromatic rings. The smallest absolute Gasteiger partial charge is 0.240 e. The summed E-state index contributed by atoms with van der Waals surface area (Å²) in [6.45, 7) is 0. The van der Waals surface area contributed by atoms with Gasteiger partial charge >= 0.3 is 0 Å². The van der Waals surface area contributed by atoms with E-state index in [1.807, 2.05) is 24.3 Å². The second-order valence-corrected chi connectivity index (χ2v) is 5.87. The van der Waals surface area contributed by atoms with E-state index in [1.165, 1.54) is 12.1 Å². The summed E-state index contributed by atoms with van der Waals surface area (Å²) in [7, 11) is 0. The Hall–Kier alpha value is -2.92. The number of furan rings is 1. The van der Waals surface area contributed by atoms with Crippen LogP contribution in [0.15, 0.2) is 57.6 Å². The van der Waals surface area contributed by atoms with E-state index >= 15 is 0 Å². The van der Waals surface area contributed by atoms with Crippen molar-refractivity contribution in [3.8, 4) is 0 Å². The molecule has 4 nitrogen and oxygen atoms in total. The summed E-state index contributed by atoms with van der Waals surface area (Å²) in [5.74, 6) is 0.453. The molecular formula is C19H12ClFN2O2. The molecule has 0 N–H and O–H groups in total. The van der Waals surface area contributed by atoms with Crippen LogP contribution in [0.2, 0.25) is 5.02 Å². The summed E-state index contributed by atoms with van der Waals surface area (Å²) in [6, 6.07) is 12.0. The Morgan fingerprint density at radius 2 is 1.96 bits per heavy atom. The van der Waals surface area contributed by atoms with E-state index in [9.17, 15) is 4.39 Å². The molecule has 25 heavy (non-hydrogen) atoms. The fraction of sp³-hybridized carbons (Fsp3) is 0.0526. The Morgan fingerprint density at radius 3 is 2.84 bits per heavy atom. The van der Waals surface area contributed by atoms with E-state index in [2.05, 4.69) is 10.2 Å². The number of nitrogens with zero attached hydrogens (tertiary/aromatic N) is 2. The Bertz CT molecular complexity index is 1070. The normalized spacial score (nSPS) is 11.6. The van der Waals surface area contributed by atoms with Crippen LogP contribution in [0.4, 0.5) is 4.39 Å². The number of fused-ring (bicyclic) bond motifs is 1. The topological polar surface area (TPSA) is 52.1 Å². The summed E-state index contributed by atoms with van der Waals surface area (Å²) < 4.78 is 24.2. The van der Waals surface area contributed by atoms with Crippen LogP contribution in [0.5, 0.6) is 0 Å². The van der Waals surface area contributed by atoms with Gasteiger partial charge in [-0.3, -0.25) is 0 Å². The predicted octanol–water partition coefficient (Wildman–Crippen LogP) is 5.37. The second kappa shape index (κ2) is 6.53. The first-order chi connectivity index (χ1) is 12.2. The van der Waals surface area contributed by atoms with Gasteiger partial charge in [-0.05, 0) is 29.8 Å². The molecule has 0 fully saturated rings. The van der Waals surface area contributed by atoms with Crippen molar-refractivity contribution in [2.24, 2.45) is 0 Å². The maximum absolute atomic E-state index is 13.0. The number of rotatable bonds is 4. The predicted molar refractivity (Wildman–Crippen MR) is 93.7 cm³/mol. The molecule has 2 aromatic heterocycles. The van der Waals surface area contributed by atoms with Crippen molar-refractivity contribution in [2.45, 2.75) is 6.42 Å². The zero-order valence-electron chi connectivity index (χ0n) is 12.9. The van der Waals surface area contributed by atoms with Crippen molar-refractivity contribution in [1.82, 2.24) is 10.2 Å². The Balaban J connectivity index is 1.53. The van der Waals surface area contributed by atoms with Gasteiger partial charge in [-0.15, -0.1) is 10.2 Å². The lowest BCUT2D eigenvalue weighted by atomic mass is 10.1. The van der Waals surface area contributed by atoms with Crippen LogP contribution in [-0.4, -0.2) is 10.2 Å². The van der Waals surface area contributed by atoms with E-state index in [4.69, 9.17) is 20.4 Å². The lowest BCUT2D eigenvalue weighted by Crippen LogP contribution is -1.86. The molecule has 0 amide bonds. The van der Waals surface area contributed by atoms with Crippen LogP contribution in [0.1, 0.15) is 22.9 Å². The van der Waals surface area contributed by atoms with Gasteiger partial charge in [0.2, 0.25) is 11.8 Å². The number of hydrogen-bond acceptors (Lipinski definition) is 4. The molecule has 0 radical (unpaired) electrons. The molecule has 0 atom stereocenters. The van der Waals surface area contributed by atoms with Gasteiger partial charge in [0.05, 0.1) is 17.7 Å². The summed E-state index contributed by atoms with van der Waals surface area (Å²) >= 11 is 5.98. The minimum absolute atomic E-state index is 0.320. The van der Waals surface area contributed by atoms with Crippen LogP contribution in [0.25, 0.3) is 23.1 Å². The summed E-state index contributed by atoms with van der Waals surface area (Å²) in [5.41, 5.74) is 2.48. The van der Waals surface area contributed by atoms with Gasteiger partial charge < -0.3 is 8.83 Å². The minimum Gasteiger partial charge on any atom is -0.464 e. The maximum atomic E-state index is 13.0. The Labute approximate surface area is 147 Å². The second-order valence-electron chi connectivity index (χ2n) is 5.47. The minimum atomic E-state index is -0.380. The molecule has 0 aliphatic heterocycles. The van der Waals surface area contributed by atoms with Crippen LogP contribution in [0.3, 0.4) is 0 Å². The average molecular weight is 355 g/mol. The first-order valence-electron chi connectivity index (χ1n) is 7.60. The van der Waals surface area contributed by atoms with Crippen molar-refractivity contribution in [3.05, 3.63) is 82.5 Å². The van der Waals surface area contributed by atoms with E-state index in [0.717, 1.165) is 16.5 Å². The quantitative estimate of drug-likeness (QED) is 0.494. The van der Waals surface area contributed by atoms with Crippen LogP contribution in [-0.2, 0) is 6.42 Å². The van der Waals surface area contributed by atoms with Gasteiger partial charge in [-0.1, -0.05) is 35.9 Å². The summed E-state index contributed by atoms with van der Waals surface area (Å²) in [6.07, 6.45) is 5.52. The average Bonchev–Trinajstić information content (AvgIpc) is 3.22. The molecule has 0 bridgehead atoms. The van der Waals surface area contributed by atoms with Gasteiger partial charge in [0.25, 0.3) is 0 Å². The van der Waals surface area contributed by atoms with Crippen molar-refractivity contribution < 1.29 is 13.2 Å². The molecule has 0 saturated carbocycles. The number of para-hydroxylation sites is 1. The van der Waals surface area contributed by atoms with Crippen molar-refractivity contribution in [1.29, 1.82) is 0 Å². The number of benzene rings is 2. The third kappa shape index (κ3) is 3.32. The summed E-state index contributed by atoms with van der Waals surface area (Å²) in [5, 5.41) is 9.38. The number of halogens is 2. The first kappa shape index (κ1) is 15.6.